The highest BCUT2D eigenvalue weighted by molar-refractivity contribution is 5.89. The Morgan fingerprint density at radius 1 is 0.304 bits per heavy atom. The van der Waals surface area contributed by atoms with Crippen LogP contribution in [0.15, 0.2) is 206 Å². The van der Waals surface area contributed by atoms with Crippen molar-refractivity contribution in [2.75, 3.05) is 0 Å². The zero-order chi connectivity index (χ0) is 37.1. The molecule has 0 unspecified atom stereocenters. The van der Waals surface area contributed by atoms with Crippen LogP contribution in [0.1, 0.15) is 22.3 Å². The van der Waals surface area contributed by atoms with Crippen LogP contribution in [0.25, 0.3) is 67.3 Å². The van der Waals surface area contributed by atoms with Gasteiger partial charge in [0.1, 0.15) is 11.5 Å². The second-order valence-corrected chi connectivity index (χ2v) is 14.5. The van der Waals surface area contributed by atoms with Crippen LogP contribution in [0.3, 0.4) is 0 Å². The number of hydrogen-bond donors (Lipinski definition) is 0. The normalized spacial score (nSPS) is 12.9. The highest BCUT2D eigenvalue weighted by atomic mass is 16.5. The molecule has 1 aromatic heterocycles. The van der Waals surface area contributed by atoms with Crippen LogP contribution in [0.5, 0.6) is 11.5 Å². The van der Waals surface area contributed by atoms with Crippen LogP contribution >= 0.6 is 0 Å². The number of para-hydroxylation sites is 1. The fourth-order valence-electron chi connectivity index (χ4n) is 8.80. The van der Waals surface area contributed by atoms with Crippen LogP contribution in [-0.4, -0.2) is 9.97 Å². The maximum Gasteiger partial charge on any atom is 0.160 e. The van der Waals surface area contributed by atoms with E-state index in [4.69, 9.17) is 14.7 Å². The van der Waals surface area contributed by atoms with Gasteiger partial charge in [0, 0.05) is 27.8 Å². The maximum absolute atomic E-state index is 6.77. The summed E-state index contributed by atoms with van der Waals surface area (Å²) < 4.78 is 6.77. The first kappa shape index (κ1) is 32.1. The van der Waals surface area contributed by atoms with Crippen LogP contribution in [-0.2, 0) is 5.41 Å². The summed E-state index contributed by atoms with van der Waals surface area (Å²) in [6.45, 7) is 0. The van der Waals surface area contributed by atoms with Gasteiger partial charge in [-0.3, -0.25) is 0 Å². The molecule has 0 amide bonds. The van der Waals surface area contributed by atoms with Gasteiger partial charge in [-0.15, -0.1) is 0 Å². The van der Waals surface area contributed by atoms with Gasteiger partial charge in [0.25, 0.3) is 0 Å². The van der Waals surface area contributed by atoms with Crippen molar-refractivity contribution in [3.63, 3.8) is 0 Å². The average molecular weight is 715 g/mol. The van der Waals surface area contributed by atoms with E-state index in [0.717, 1.165) is 56.3 Å². The number of nitrogens with zero attached hydrogens (tertiary/aromatic N) is 2. The molecule has 0 radical (unpaired) electrons. The summed E-state index contributed by atoms with van der Waals surface area (Å²) in [6, 6.07) is 73.0. The summed E-state index contributed by atoms with van der Waals surface area (Å²) in [5, 5.41) is 0. The van der Waals surface area contributed by atoms with Crippen molar-refractivity contribution in [1.82, 2.24) is 9.97 Å². The molecule has 11 rings (SSSR count). The number of fused-ring (bicyclic) bond motifs is 9. The molecule has 0 bridgehead atoms. The predicted molar refractivity (Wildman–Crippen MR) is 227 cm³/mol. The topological polar surface area (TPSA) is 35.0 Å². The van der Waals surface area contributed by atoms with Crippen LogP contribution in [0.4, 0.5) is 0 Å². The molecular weight excluding hydrogens is 681 g/mol. The molecule has 1 aliphatic carbocycles. The first-order valence-corrected chi connectivity index (χ1v) is 19.1. The third-order valence-electron chi connectivity index (χ3n) is 11.4. The molecule has 1 aliphatic heterocycles. The second kappa shape index (κ2) is 12.9. The van der Waals surface area contributed by atoms with Gasteiger partial charge in [0.2, 0.25) is 0 Å². The lowest BCUT2D eigenvalue weighted by molar-refractivity contribution is 0.436. The molecule has 8 aromatic carbocycles. The van der Waals surface area contributed by atoms with Crippen molar-refractivity contribution in [3.8, 4) is 78.8 Å². The summed E-state index contributed by atoms with van der Waals surface area (Å²) in [6.07, 6.45) is 0. The molecule has 56 heavy (non-hydrogen) atoms. The smallest absolute Gasteiger partial charge is 0.160 e. The lowest BCUT2D eigenvalue weighted by Crippen LogP contribution is -2.32. The van der Waals surface area contributed by atoms with Crippen LogP contribution < -0.4 is 4.74 Å². The van der Waals surface area contributed by atoms with Crippen molar-refractivity contribution < 1.29 is 4.74 Å². The van der Waals surface area contributed by atoms with Gasteiger partial charge in [-0.1, -0.05) is 188 Å². The number of benzene rings is 8. The Hall–Kier alpha value is -7.36. The molecule has 3 nitrogen and oxygen atoms in total. The highest BCUT2D eigenvalue weighted by Crippen LogP contribution is 2.62. The largest absolute Gasteiger partial charge is 0.457 e. The average Bonchev–Trinajstić information content (AvgIpc) is 3.57. The number of aromatic nitrogens is 2. The minimum Gasteiger partial charge on any atom is -0.457 e. The van der Waals surface area contributed by atoms with E-state index in [9.17, 15) is 0 Å². The summed E-state index contributed by atoms with van der Waals surface area (Å²) in [5.74, 6) is 2.45. The number of rotatable bonds is 5. The zero-order valence-corrected chi connectivity index (χ0v) is 30.4. The molecule has 0 N–H and O–H groups in total. The lowest BCUT2D eigenvalue weighted by Gasteiger charge is -2.39. The van der Waals surface area contributed by atoms with Crippen molar-refractivity contribution in [2.24, 2.45) is 0 Å². The Morgan fingerprint density at radius 2 is 0.732 bits per heavy atom. The van der Waals surface area contributed by atoms with Crippen molar-refractivity contribution >= 4 is 0 Å². The van der Waals surface area contributed by atoms with E-state index in [1.807, 2.05) is 24.3 Å². The fourth-order valence-corrected chi connectivity index (χ4v) is 8.80. The highest BCUT2D eigenvalue weighted by Gasteiger charge is 2.50. The molecule has 0 atom stereocenters. The van der Waals surface area contributed by atoms with Crippen molar-refractivity contribution in [1.29, 1.82) is 0 Å². The molecule has 0 fully saturated rings. The number of hydrogen-bond acceptors (Lipinski definition) is 3. The first-order valence-electron chi connectivity index (χ1n) is 19.1. The van der Waals surface area contributed by atoms with E-state index in [-0.39, 0.29) is 0 Å². The molecule has 262 valence electrons. The van der Waals surface area contributed by atoms with Crippen molar-refractivity contribution in [3.05, 3.63) is 229 Å². The quantitative estimate of drug-likeness (QED) is 0.178. The van der Waals surface area contributed by atoms with Gasteiger partial charge >= 0.3 is 0 Å². The Morgan fingerprint density at radius 3 is 1.38 bits per heavy atom. The zero-order valence-electron chi connectivity index (χ0n) is 30.4. The molecule has 2 aliphatic rings. The maximum atomic E-state index is 6.77. The standard InChI is InChI=1S/C53H34N2O/c1-3-13-35(14-4-1)36-23-27-39(28-24-36)49-34-48(38-15-5-2-6-16-38)54-52(55-49)40-29-25-37(26-30-40)41-31-32-47-51(33-41)56-50-22-12-11-21-46(50)53(47)44-19-9-7-17-42(44)43-18-8-10-20-45(43)53/h1-34H. The van der Waals surface area contributed by atoms with Gasteiger partial charge in [0.15, 0.2) is 5.82 Å². The summed E-state index contributed by atoms with van der Waals surface area (Å²) >= 11 is 0. The SMILES string of the molecule is c1ccc(-c2ccc(-c3cc(-c4ccccc4)nc(-c4ccc(-c5ccc6c(c5)Oc5ccccc5C65c6ccccc6-c6ccccc65)cc4)n3)cc2)cc1. The molecule has 2 heterocycles. The third kappa shape index (κ3) is 5.05. The monoisotopic (exact) mass is 714 g/mol. The van der Waals surface area contributed by atoms with E-state index < -0.39 is 5.41 Å². The molecule has 9 aromatic rings. The predicted octanol–water partition coefficient (Wildman–Crippen LogP) is 13.3. The summed E-state index contributed by atoms with van der Waals surface area (Å²) in [7, 11) is 0. The van der Waals surface area contributed by atoms with E-state index >= 15 is 0 Å². The van der Waals surface area contributed by atoms with Gasteiger partial charge in [0.05, 0.1) is 16.8 Å². The Bertz CT molecular complexity index is 2870. The Kier molecular flexibility index (Phi) is 7.39. The minimum absolute atomic E-state index is 0.472. The van der Waals surface area contributed by atoms with E-state index in [1.165, 1.54) is 38.9 Å². The van der Waals surface area contributed by atoms with E-state index in [2.05, 4.69) is 182 Å². The molecule has 0 saturated heterocycles. The van der Waals surface area contributed by atoms with Crippen LogP contribution in [0.2, 0.25) is 0 Å². The fraction of sp³-hybridized carbons (Fsp3) is 0.0189. The lowest BCUT2D eigenvalue weighted by atomic mass is 9.66. The van der Waals surface area contributed by atoms with Gasteiger partial charge in [-0.25, -0.2) is 9.97 Å². The summed E-state index contributed by atoms with van der Waals surface area (Å²) in [5.41, 5.74) is 16.4. The van der Waals surface area contributed by atoms with Gasteiger partial charge < -0.3 is 4.74 Å². The first-order chi connectivity index (χ1) is 27.7. The van der Waals surface area contributed by atoms with Gasteiger partial charge in [-0.2, -0.15) is 0 Å². The summed E-state index contributed by atoms with van der Waals surface area (Å²) in [4.78, 5) is 10.2. The van der Waals surface area contributed by atoms with Crippen molar-refractivity contribution in [2.45, 2.75) is 5.41 Å². The molecule has 0 saturated carbocycles. The van der Waals surface area contributed by atoms with Crippen LogP contribution in [0, 0.1) is 0 Å². The van der Waals surface area contributed by atoms with Gasteiger partial charge in [-0.05, 0) is 62.7 Å². The minimum atomic E-state index is -0.472. The van der Waals surface area contributed by atoms with E-state index in [0.29, 0.717) is 5.82 Å². The molecular formula is C53H34N2O. The Balaban J connectivity index is 0.983. The number of ether oxygens (including phenoxy) is 1. The second-order valence-electron chi connectivity index (χ2n) is 14.5. The third-order valence-corrected chi connectivity index (χ3v) is 11.4. The molecule has 3 heteroatoms. The molecule has 1 spiro atoms. The van der Waals surface area contributed by atoms with E-state index in [1.54, 1.807) is 0 Å². The Labute approximate surface area is 326 Å².